The number of nitrogens with one attached hydrogen (secondary N) is 3. The van der Waals surface area contributed by atoms with Crippen LogP contribution in [0.1, 0.15) is 29.2 Å². The predicted octanol–water partition coefficient (Wildman–Crippen LogP) is 3.11. The summed E-state index contributed by atoms with van der Waals surface area (Å²) in [5.41, 5.74) is 0.933. The molecule has 10 heteroatoms. The number of aryl methyl sites for hydroxylation is 1. The van der Waals surface area contributed by atoms with Crippen molar-refractivity contribution < 1.29 is 13.2 Å². The fourth-order valence-electron chi connectivity index (χ4n) is 2.53. The molecule has 168 valence electrons. The molecule has 0 amide bonds. The second-order valence-corrected chi connectivity index (χ2v) is 9.32. The Labute approximate surface area is 200 Å². The summed E-state index contributed by atoms with van der Waals surface area (Å²) < 4.78 is 31.8. The van der Waals surface area contributed by atoms with Crippen molar-refractivity contribution in [2.45, 2.75) is 38.3 Å². The molecule has 0 saturated carbocycles. The highest BCUT2D eigenvalue weighted by Crippen LogP contribution is 2.16. The molecular weight excluding hydrogens is 535 g/mol. The number of methoxy groups -OCH3 is 1. The number of benzene rings is 1. The van der Waals surface area contributed by atoms with E-state index >= 15 is 0 Å². The van der Waals surface area contributed by atoms with Crippen LogP contribution in [0.2, 0.25) is 0 Å². The molecule has 0 aliphatic heterocycles. The van der Waals surface area contributed by atoms with Crippen LogP contribution >= 0.6 is 35.3 Å². The number of ether oxygens (including phenoxy) is 1. The molecule has 0 atom stereocenters. The molecule has 0 bridgehead atoms. The molecule has 0 saturated heterocycles. The molecule has 1 aromatic carbocycles. The second kappa shape index (κ2) is 14.0. The molecule has 30 heavy (non-hydrogen) atoms. The Morgan fingerprint density at radius 1 is 1.07 bits per heavy atom. The molecule has 0 unspecified atom stereocenters. The van der Waals surface area contributed by atoms with Crippen LogP contribution in [0.15, 0.2) is 46.3 Å². The van der Waals surface area contributed by atoms with Gasteiger partial charge in [-0.1, -0.05) is 19.1 Å². The lowest BCUT2D eigenvalue weighted by Gasteiger charge is -2.11. The lowest BCUT2D eigenvalue weighted by atomic mass is 10.2. The number of guanidine groups is 1. The van der Waals surface area contributed by atoms with E-state index in [9.17, 15) is 8.42 Å². The number of aliphatic imine (C=N–C) groups is 1. The quantitative estimate of drug-likeness (QED) is 0.168. The summed E-state index contributed by atoms with van der Waals surface area (Å²) in [5.74, 6) is 0.733. The molecule has 0 aliphatic rings. The summed E-state index contributed by atoms with van der Waals surface area (Å²) >= 11 is 1.80. The summed E-state index contributed by atoms with van der Waals surface area (Å²) in [6, 6.07) is 11.1. The summed E-state index contributed by atoms with van der Waals surface area (Å²) in [5, 5.41) is 6.57. The van der Waals surface area contributed by atoms with Crippen LogP contribution in [0.5, 0.6) is 0 Å². The standard InChI is InChI=1S/C20H30N4O3S2.HI/c1-4-17-8-9-18(28-17)15-23-20(21-5-2)22-14-16-6-10-19(11-7-16)29(25,26)24-12-13-27-3;/h6-11,24H,4-5,12-15H2,1-3H3,(H2,21,22,23);1H. The third-order valence-electron chi connectivity index (χ3n) is 4.09. The van der Waals surface area contributed by atoms with Crippen molar-refractivity contribution >= 4 is 51.3 Å². The maximum Gasteiger partial charge on any atom is 0.240 e. The zero-order chi connectivity index (χ0) is 21.1. The smallest absolute Gasteiger partial charge is 0.240 e. The number of hydrogen-bond acceptors (Lipinski definition) is 5. The van der Waals surface area contributed by atoms with E-state index in [2.05, 4.69) is 39.4 Å². The van der Waals surface area contributed by atoms with Gasteiger partial charge in [0.25, 0.3) is 0 Å². The Balaban J connectivity index is 0.00000450. The highest BCUT2D eigenvalue weighted by Gasteiger charge is 2.12. The van der Waals surface area contributed by atoms with Gasteiger partial charge in [-0.15, -0.1) is 35.3 Å². The van der Waals surface area contributed by atoms with Crippen molar-refractivity contribution in [1.29, 1.82) is 0 Å². The Hall–Kier alpha value is -1.21. The lowest BCUT2D eigenvalue weighted by Crippen LogP contribution is -2.36. The van der Waals surface area contributed by atoms with Crippen molar-refractivity contribution in [3.63, 3.8) is 0 Å². The van der Waals surface area contributed by atoms with Crippen molar-refractivity contribution in [3.05, 3.63) is 51.7 Å². The van der Waals surface area contributed by atoms with E-state index in [0.29, 0.717) is 13.2 Å². The average Bonchev–Trinajstić information content (AvgIpc) is 3.18. The number of thiophene rings is 1. The molecule has 0 radical (unpaired) electrons. The third kappa shape index (κ3) is 8.88. The minimum atomic E-state index is -3.52. The monoisotopic (exact) mass is 566 g/mol. The average molecular weight is 567 g/mol. The van der Waals surface area contributed by atoms with E-state index in [1.807, 2.05) is 6.92 Å². The van der Waals surface area contributed by atoms with Gasteiger partial charge in [-0.2, -0.15) is 0 Å². The summed E-state index contributed by atoms with van der Waals surface area (Å²) in [4.78, 5) is 7.47. The molecule has 2 aromatic rings. The van der Waals surface area contributed by atoms with Crippen LogP contribution < -0.4 is 15.4 Å². The van der Waals surface area contributed by atoms with Gasteiger partial charge >= 0.3 is 0 Å². The largest absolute Gasteiger partial charge is 0.383 e. The predicted molar refractivity (Wildman–Crippen MR) is 134 cm³/mol. The van der Waals surface area contributed by atoms with Gasteiger partial charge in [0.1, 0.15) is 0 Å². The van der Waals surface area contributed by atoms with Gasteiger partial charge in [0, 0.05) is 30.0 Å². The molecular formula is C20H31IN4O3S2. The number of hydrogen-bond donors (Lipinski definition) is 3. The van der Waals surface area contributed by atoms with Gasteiger partial charge < -0.3 is 15.4 Å². The van der Waals surface area contributed by atoms with E-state index < -0.39 is 10.0 Å². The van der Waals surface area contributed by atoms with Crippen LogP contribution in [0, 0.1) is 0 Å². The van der Waals surface area contributed by atoms with Gasteiger partial charge in [0.05, 0.1) is 24.6 Å². The first-order valence-electron chi connectivity index (χ1n) is 9.65. The fourth-order valence-corrected chi connectivity index (χ4v) is 4.44. The highest BCUT2D eigenvalue weighted by molar-refractivity contribution is 14.0. The number of nitrogens with zero attached hydrogens (tertiary/aromatic N) is 1. The maximum absolute atomic E-state index is 12.2. The van der Waals surface area contributed by atoms with Gasteiger partial charge in [-0.25, -0.2) is 18.1 Å². The molecule has 0 fully saturated rings. The van der Waals surface area contributed by atoms with Gasteiger partial charge in [-0.05, 0) is 43.2 Å². The number of rotatable bonds is 11. The molecule has 3 N–H and O–H groups in total. The molecule has 7 nitrogen and oxygen atoms in total. The first kappa shape index (κ1) is 26.8. The minimum Gasteiger partial charge on any atom is -0.383 e. The molecule has 1 aromatic heterocycles. The van der Waals surface area contributed by atoms with E-state index in [-0.39, 0.29) is 35.4 Å². The minimum absolute atomic E-state index is 0. The Morgan fingerprint density at radius 2 is 1.77 bits per heavy atom. The number of halogens is 1. The Kier molecular flexibility index (Phi) is 12.5. The topological polar surface area (TPSA) is 91.8 Å². The number of sulfonamides is 1. The van der Waals surface area contributed by atoms with Crippen LogP contribution in [-0.2, 0) is 34.3 Å². The first-order chi connectivity index (χ1) is 14.0. The second-order valence-electron chi connectivity index (χ2n) is 6.30. The molecule has 0 aliphatic carbocycles. The molecule has 0 spiro atoms. The van der Waals surface area contributed by atoms with Gasteiger partial charge in [-0.3, -0.25) is 0 Å². The highest BCUT2D eigenvalue weighted by atomic mass is 127. The third-order valence-corrected chi connectivity index (χ3v) is 6.80. The van der Waals surface area contributed by atoms with Crippen molar-refractivity contribution in [2.24, 2.45) is 4.99 Å². The van der Waals surface area contributed by atoms with Crippen molar-refractivity contribution in [3.8, 4) is 0 Å². The van der Waals surface area contributed by atoms with E-state index in [0.717, 1.165) is 31.0 Å². The fraction of sp³-hybridized carbons (Fsp3) is 0.450. The van der Waals surface area contributed by atoms with Crippen molar-refractivity contribution in [1.82, 2.24) is 15.4 Å². The normalized spacial score (nSPS) is 11.8. The van der Waals surface area contributed by atoms with E-state index in [4.69, 9.17) is 4.74 Å². The zero-order valence-electron chi connectivity index (χ0n) is 17.6. The molecule has 1 heterocycles. The Bertz CT molecular complexity index is 884. The zero-order valence-corrected chi connectivity index (χ0v) is 21.6. The van der Waals surface area contributed by atoms with Gasteiger partial charge in [0.2, 0.25) is 10.0 Å². The van der Waals surface area contributed by atoms with E-state index in [1.165, 1.54) is 16.9 Å². The van der Waals surface area contributed by atoms with Gasteiger partial charge in [0.15, 0.2) is 5.96 Å². The Morgan fingerprint density at radius 3 is 2.37 bits per heavy atom. The maximum atomic E-state index is 12.2. The van der Waals surface area contributed by atoms with Crippen LogP contribution in [-0.4, -0.2) is 41.2 Å². The summed E-state index contributed by atoms with van der Waals surface area (Å²) in [7, 11) is -1.99. The molecule has 2 rings (SSSR count). The van der Waals surface area contributed by atoms with Crippen LogP contribution in [0.25, 0.3) is 0 Å². The van der Waals surface area contributed by atoms with Crippen LogP contribution in [0.3, 0.4) is 0 Å². The van der Waals surface area contributed by atoms with Crippen molar-refractivity contribution in [2.75, 3.05) is 26.8 Å². The first-order valence-corrected chi connectivity index (χ1v) is 12.0. The van der Waals surface area contributed by atoms with E-state index in [1.54, 1.807) is 35.6 Å². The van der Waals surface area contributed by atoms with Crippen LogP contribution in [0.4, 0.5) is 0 Å². The SMILES string of the molecule is CCNC(=NCc1ccc(S(=O)(=O)NCCOC)cc1)NCc1ccc(CC)s1.I. The summed E-state index contributed by atoms with van der Waals surface area (Å²) in [6.07, 6.45) is 1.05. The summed E-state index contributed by atoms with van der Waals surface area (Å²) in [6.45, 7) is 6.69. The lowest BCUT2D eigenvalue weighted by molar-refractivity contribution is 0.204.